The molecule has 3 heterocycles. The molecule has 4 nitrogen and oxygen atoms in total. The largest absolute Gasteiger partial charge is 0.451 e. The van der Waals surface area contributed by atoms with Crippen molar-refractivity contribution < 1.29 is 8.95 Å². The lowest BCUT2D eigenvalue weighted by atomic mass is 10.1. The van der Waals surface area contributed by atoms with Crippen molar-refractivity contribution in [3.63, 3.8) is 0 Å². The van der Waals surface area contributed by atoms with Crippen molar-refractivity contribution in [2.24, 2.45) is 0 Å². The van der Waals surface area contributed by atoms with E-state index in [2.05, 4.69) is 16.0 Å². The average Bonchev–Trinajstić information content (AvgIpc) is 2.58. The normalized spacial score (nSPS) is 16.9. The van der Waals surface area contributed by atoms with Crippen LogP contribution in [0.25, 0.3) is 0 Å². The summed E-state index contributed by atoms with van der Waals surface area (Å²) in [6.45, 7) is 2.03. The van der Waals surface area contributed by atoms with Gasteiger partial charge in [-0.2, -0.15) is 0 Å². The van der Waals surface area contributed by atoms with E-state index in [4.69, 9.17) is 4.74 Å². The molecule has 5 rings (SSSR count). The minimum absolute atomic E-state index is 0.706. The van der Waals surface area contributed by atoms with Crippen LogP contribution in [0.2, 0.25) is 0 Å². The lowest BCUT2D eigenvalue weighted by Gasteiger charge is -2.36. The van der Waals surface area contributed by atoms with E-state index >= 15 is 0 Å². The second-order valence-corrected chi connectivity index (χ2v) is 7.02. The van der Waals surface area contributed by atoms with Crippen LogP contribution in [0, 0.1) is 6.92 Å². The van der Waals surface area contributed by atoms with Crippen LogP contribution in [-0.4, -0.2) is 9.19 Å². The summed E-state index contributed by atoms with van der Waals surface area (Å²) in [5.74, 6) is 2.15. The van der Waals surface area contributed by atoms with E-state index in [9.17, 15) is 4.21 Å². The van der Waals surface area contributed by atoms with E-state index in [1.807, 2.05) is 49.4 Å². The Morgan fingerprint density at radius 2 is 1.91 bits per heavy atom. The van der Waals surface area contributed by atoms with Crippen molar-refractivity contribution in [1.82, 2.24) is 4.98 Å². The number of para-hydroxylation sites is 1. The van der Waals surface area contributed by atoms with E-state index in [1.54, 1.807) is 6.20 Å². The van der Waals surface area contributed by atoms with E-state index in [1.165, 1.54) is 0 Å². The molecule has 0 N–H and O–H groups in total. The molecule has 2 aromatic carbocycles. The summed E-state index contributed by atoms with van der Waals surface area (Å²) in [5, 5.41) is 0. The predicted octanol–water partition coefficient (Wildman–Crippen LogP) is 4.45. The first kappa shape index (κ1) is 12.8. The molecule has 0 bridgehead atoms. The smallest absolute Gasteiger partial charge is 0.181 e. The molecule has 2 aliphatic rings. The average molecular weight is 320 g/mol. The predicted molar refractivity (Wildman–Crippen MR) is 88.4 cm³/mol. The molecular formula is C18H12N2O2S. The molecule has 0 amide bonds. The highest BCUT2D eigenvalue weighted by atomic mass is 32.2. The van der Waals surface area contributed by atoms with Gasteiger partial charge in [0, 0.05) is 6.20 Å². The van der Waals surface area contributed by atoms with Gasteiger partial charge in [-0.15, -0.1) is 0 Å². The van der Waals surface area contributed by atoms with Crippen LogP contribution in [0.3, 0.4) is 0 Å². The minimum Gasteiger partial charge on any atom is -0.451 e. The van der Waals surface area contributed by atoms with Gasteiger partial charge in [-0.25, -0.2) is 9.19 Å². The number of aryl methyl sites for hydroxylation is 1. The van der Waals surface area contributed by atoms with Crippen LogP contribution in [0.1, 0.15) is 5.56 Å². The maximum atomic E-state index is 13.0. The fraction of sp³-hybridized carbons (Fsp3) is 0.0556. The molecule has 0 fully saturated rings. The van der Waals surface area contributed by atoms with E-state index in [0.29, 0.717) is 11.5 Å². The Balaban J connectivity index is 1.91. The first-order valence-corrected chi connectivity index (χ1v) is 8.47. The number of fused-ring (bicyclic) bond motifs is 4. The van der Waals surface area contributed by atoms with Gasteiger partial charge in [-0.05, 0) is 48.9 Å². The molecular weight excluding hydrogens is 308 g/mol. The number of benzene rings is 2. The SMILES string of the molecule is Cc1ccc2c(c1)N1c3ncccc3Oc3cccc(c31)S2=O. The molecule has 1 aromatic heterocycles. The van der Waals surface area contributed by atoms with Gasteiger partial charge in [0.25, 0.3) is 0 Å². The van der Waals surface area contributed by atoms with Crippen molar-refractivity contribution in [3.8, 4) is 11.5 Å². The van der Waals surface area contributed by atoms with Gasteiger partial charge < -0.3 is 4.74 Å². The number of ether oxygens (including phenoxy) is 1. The molecule has 23 heavy (non-hydrogen) atoms. The molecule has 0 saturated carbocycles. The maximum absolute atomic E-state index is 13.0. The summed E-state index contributed by atoms with van der Waals surface area (Å²) in [6, 6.07) is 15.4. The molecule has 0 spiro atoms. The van der Waals surface area contributed by atoms with E-state index in [0.717, 1.165) is 32.5 Å². The monoisotopic (exact) mass is 320 g/mol. The molecule has 0 radical (unpaired) electrons. The molecule has 0 saturated heterocycles. The van der Waals surface area contributed by atoms with Crippen molar-refractivity contribution in [1.29, 1.82) is 0 Å². The Morgan fingerprint density at radius 1 is 1.04 bits per heavy atom. The summed E-state index contributed by atoms with van der Waals surface area (Å²) in [7, 11) is -1.22. The Bertz CT molecular complexity index is 1000. The van der Waals surface area contributed by atoms with Gasteiger partial charge in [-0.1, -0.05) is 12.1 Å². The first-order valence-electron chi connectivity index (χ1n) is 7.32. The van der Waals surface area contributed by atoms with Crippen LogP contribution < -0.4 is 9.64 Å². The number of hydrogen-bond donors (Lipinski definition) is 0. The van der Waals surface area contributed by atoms with E-state index < -0.39 is 10.8 Å². The first-order chi connectivity index (χ1) is 11.2. The van der Waals surface area contributed by atoms with Crippen molar-refractivity contribution in [3.05, 3.63) is 60.3 Å². The number of rotatable bonds is 0. The second kappa shape index (κ2) is 4.43. The van der Waals surface area contributed by atoms with Gasteiger partial charge in [0.2, 0.25) is 0 Å². The highest BCUT2D eigenvalue weighted by Gasteiger charge is 2.36. The quantitative estimate of drug-likeness (QED) is 0.423. The van der Waals surface area contributed by atoms with Gasteiger partial charge >= 0.3 is 0 Å². The number of pyridine rings is 1. The van der Waals surface area contributed by atoms with Crippen LogP contribution in [0.5, 0.6) is 11.5 Å². The molecule has 3 aromatic rings. The van der Waals surface area contributed by atoms with Crippen molar-refractivity contribution in [2.75, 3.05) is 4.90 Å². The van der Waals surface area contributed by atoms with Crippen LogP contribution in [-0.2, 0) is 10.8 Å². The zero-order valence-electron chi connectivity index (χ0n) is 12.3. The van der Waals surface area contributed by atoms with Gasteiger partial charge in [-0.3, -0.25) is 4.90 Å². The summed E-state index contributed by atoms with van der Waals surface area (Å²) in [4.78, 5) is 8.13. The Kier molecular flexibility index (Phi) is 2.47. The molecule has 2 aliphatic heterocycles. The molecule has 5 heteroatoms. The molecule has 1 unspecified atom stereocenters. The number of aromatic nitrogens is 1. The lowest BCUT2D eigenvalue weighted by molar-refractivity contribution is 0.471. The molecule has 1 atom stereocenters. The fourth-order valence-corrected chi connectivity index (χ4v) is 4.46. The van der Waals surface area contributed by atoms with Gasteiger partial charge in [0.05, 0.1) is 26.3 Å². The standard InChI is InChI=1S/C18H12N2O2S/c1-11-7-8-15-12(10-11)20-17-13(4-2-6-16(17)23(15)21)22-14-5-3-9-19-18(14)20/h2-10H,1H3. The van der Waals surface area contributed by atoms with Crippen LogP contribution in [0.15, 0.2) is 64.5 Å². The van der Waals surface area contributed by atoms with Crippen molar-refractivity contribution in [2.45, 2.75) is 16.7 Å². The Labute approximate surface area is 135 Å². The van der Waals surface area contributed by atoms with Gasteiger partial charge in [0.15, 0.2) is 17.3 Å². The maximum Gasteiger partial charge on any atom is 0.181 e. The third-order valence-corrected chi connectivity index (χ3v) is 5.60. The highest BCUT2D eigenvalue weighted by molar-refractivity contribution is 7.85. The zero-order valence-corrected chi connectivity index (χ0v) is 13.1. The number of nitrogens with zero attached hydrogens (tertiary/aromatic N) is 2. The summed E-state index contributed by atoms with van der Waals surface area (Å²) >= 11 is 0. The third-order valence-electron chi connectivity index (χ3n) is 4.12. The van der Waals surface area contributed by atoms with Crippen molar-refractivity contribution >= 4 is 28.0 Å². The Morgan fingerprint density at radius 3 is 2.83 bits per heavy atom. The third kappa shape index (κ3) is 1.65. The number of hydrogen-bond acceptors (Lipinski definition) is 4. The number of anilines is 3. The summed E-state index contributed by atoms with van der Waals surface area (Å²) in [6.07, 6.45) is 1.75. The van der Waals surface area contributed by atoms with Gasteiger partial charge in [0.1, 0.15) is 5.69 Å². The fourth-order valence-electron chi connectivity index (χ4n) is 3.12. The Hall–Kier alpha value is -2.66. The lowest BCUT2D eigenvalue weighted by Crippen LogP contribution is -2.24. The summed E-state index contributed by atoms with van der Waals surface area (Å²) < 4.78 is 19.0. The van der Waals surface area contributed by atoms with Crippen LogP contribution >= 0.6 is 0 Å². The van der Waals surface area contributed by atoms with E-state index in [-0.39, 0.29) is 0 Å². The topological polar surface area (TPSA) is 42.4 Å². The minimum atomic E-state index is -1.22. The van der Waals surface area contributed by atoms with Crippen LogP contribution in [0.4, 0.5) is 17.2 Å². The highest BCUT2D eigenvalue weighted by Crippen LogP contribution is 2.55. The molecule has 112 valence electrons. The summed E-state index contributed by atoms with van der Waals surface area (Å²) in [5.41, 5.74) is 2.85. The second-order valence-electron chi connectivity index (χ2n) is 5.61. The zero-order chi connectivity index (χ0) is 15.6. The molecule has 0 aliphatic carbocycles.